The Balaban J connectivity index is 7.41. The van der Waals surface area contributed by atoms with Gasteiger partial charge in [-0.3, -0.25) is 0 Å². The van der Waals surface area contributed by atoms with Crippen LogP contribution in [0.2, 0.25) is 0 Å². The van der Waals surface area contributed by atoms with Gasteiger partial charge in [-0.05, 0) is 0 Å². The lowest BCUT2D eigenvalue weighted by atomic mass is 9.81. The predicted molar refractivity (Wildman–Crippen MR) is 97.4 cm³/mol. The van der Waals surface area contributed by atoms with Gasteiger partial charge in [0.1, 0.15) is 0 Å². The fraction of sp³-hybridized carbons (Fsp3) is 0.842. The summed E-state index contributed by atoms with van der Waals surface area (Å²) in [5.41, 5.74) is -10.8. The van der Waals surface area contributed by atoms with Crippen molar-refractivity contribution in [2.24, 2.45) is 0 Å². The normalized spacial score (nSPS) is 16.9. The van der Waals surface area contributed by atoms with Gasteiger partial charge in [-0.25, -0.2) is 9.18 Å². The first kappa shape index (κ1) is 46.3. The second-order valence-electron chi connectivity index (χ2n) is 9.50. The zero-order valence-corrected chi connectivity index (χ0v) is 21.7. The van der Waals surface area contributed by atoms with Crippen molar-refractivity contribution in [2.45, 2.75) is 96.2 Å². The number of alkyl halides is 27. The van der Waals surface area contributed by atoms with E-state index in [2.05, 4.69) is 6.58 Å². The maximum atomic E-state index is 13.9. The van der Waals surface area contributed by atoms with Crippen LogP contribution in [0, 0.1) is 0 Å². The number of carboxylic acid groups (broad SMARTS) is 1. The Morgan fingerprint density at radius 2 is 0.673 bits per heavy atom. The summed E-state index contributed by atoms with van der Waals surface area (Å²) in [6, 6.07) is 0. The molecule has 0 saturated heterocycles. The van der Waals surface area contributed by atoms with Gasteiger partial charge in [-0.1, -0.05) is 6.58 Å². The van der Waals surface area contributed by atoms with Crippen molar-refractivity contribution in [3.05, 3.63) is 12.2 Å². The molecule has 0 aliphatic carbocycles. The minimum atomic E-state index is -9.90. The number of aliphatic carboxylic acids is 1. The average Bonchev–Trinajstić information content (AvgIpc) is 2.84. The van der Waals surface area contributed by atoms with Crippen molar-refractivity contribution in [2.75, 3.05) is 0 Å². The third-order valence-electron chi connectivity index (χ3n) is 6.10. The standard InChI is InChI=1S/C19H9F27O3/c1-4(6(48)49)2-5(47)3-7(20,21)9(23,24)11(27,28)13(31,32)15(35,36)17(39,40)16(37,38)14(33,34)12(29,30)10(25,26)8(22,18(41,42)43)19(44,45)46/h5,47H,1-3H2,(H,48,49). The molecular weight excluding hydrogens is 789 g/mol. The van der Waals surface area contributed by atoms with Crippen molar-refractivity contribution < 1.29 is 134 Å². The molecule has 0 heterocycles. The van der Waals surface area contributed by atoms with Crippen LogP contribution in [-0.2, 0) is 4.79 Å². The number of halogens is 27. The molecule has 0 aromatic heterocycles. The molecule has 3 nitrogen and oxygen atoms in total. The van der Waals surface area contributed by atoms with Gasteiger partial charge < -0.3 is 10.2 Å². The van der Waals surface area contributed by atoms with Gasteiger partial charge >= 0.3 is 83.2 Å². The Hall–Kier alpha value is -2.72. The number of rotatable bonds is 15. The smallest absolute Gasteiger partial charge is 0.438 e. The summed E-state index contributed by atoms with van der Waals surface area (Å²) in [7, 11) is 0. The molecule has 0 amide bonds. The largest absolute Gasteiger partial charge is 0.478 e. The van der Waals surface area contributed by atoms with Gasteiger partial charge in [-0.2, -0.15) is 114 Å². The molecule has 1 atom stereocenters. The summed E-state index contributed by atoms with van der Waals surface area (Å²) in [5.74, 6) is -95.4. The maximum absolute atomic E-state index is 13.9. The first-order valence-corrected chi connectivity index (χ1v) is 10.9. The van der Waals surface area contributed by atoms with Crippen LogP contribution in [0.3, 0.4) is 0 Å². The highest BCUT2D eigenvalue weighted by Crippen LogP contribution is 2.69. The van der Waals surface area contributed by atoms with E-state index >= 15 is 0 Å². The highest BCUT2D eigenvalue weighted by molar-refractivity contribution is 5.85. The van der Waals surface area contributed by atoms with E-state index in [-0.39, 0.29) is 0 Å². The molecule has 0 bridgehead atoms. The summed E-state index contributed by atoms with van der Waals surface area (Å²) in [4.78, 5) is 10.5. The monoisotopic (exact) mass is 798 g/mol. The van der Waals surface area contributed by atoms with E-state index in [4.69, 9.17) is 10.2 Å². The van der Waals surface area contributed by atoms with E-state index in [1.807, 2.05) is 0 Å². The lowest BCUT2D eigenvalue weighted by Crippen LogP contribution is -2.79. The molecule has 2 N–H and O–H groups in total. The highest BCUT2D eigenvalue weighted by atomic mass is 19.4. The number of hydrogen-bond acceptors (Lipinski definition) is 2. The zero-order chi connectivity index (χ0) is 40.6. The van der Waals surface area contributed by atoms with Crippen molar-refractivity contribution in [3.63, 3.8) is 0 Å². The van der Waals surface area contributed by atoms with Crippen molar-refractivity contribution in [3.8, 4) is 0 Å². The molecule has 30 heteroatoms. The molecule has 0 radical (unpaired) electrons. The number of aliphatic hydroxyl groups is 1. The third-order valence-corrected chi connectivity index (χ3v) is 6.10. The number of aliphatic hydroxyl groups excluding tert-OH is 1. The summed E-state index contributed by atoms with van der Waals surface area (Å²) in [5, 5.41) is 17.5. The quantitative estimate of drug-likeness (QED) is 0.129. The number of hydrogen-bond donors (Lipinski definition) is 2. The number of carbonyl (C=O) groups is 1. The maximum Gasteiger partial charge on any atom is 0.438 e. The predicted octanol–water partition coefficient (Wildman–Crippen LogP) is 8.95. The molecule has 0 spiro atoms. The van der Waals surface area contributed by atoms with E-state index in [1.165, 1.54) is 0 Å². The molecule has 292 valence electrons. The second kappa shape index (κ2) is 11.9. The van der Waals surface area contributed by atoms with Crippen LogP contribution in [0.5, 0.6) is 0 Å². The van der Waals surface area contributed by atoms with Gasteiger partial charge in [0.25, 0.3) is 0 Å². The Bertz CT molecular complexity index is 1230. The molecule has 0 aliphatic heterocycles. The van der Waals surface area contributed by atoms with Crippen LogP contribution in [0.25, 0.3) is 0 Å². The lowest BCUT2D eigenvalue weighted by molar-refractivity contribution is -0.487. The second-order valence-corrected chi connectivity index (χ2v) is 9.50. The summed E-state index contributed by atoms with van der Waals surface area (Å²) >= 11 is 0. The lowest BCUT2D eigenvalue weighted by Gasteiger charge is -2.46. The molecular formula is C19H9F27O3. The minimum absolute atomic E-state index is 1.49. The summed E-state index contributed by atoms with van der Waals surface area (Å²) < 4.78 is 364. The molecule has 0 aromatic carbocycles. The molecule has 1 unspecified atom stereocenters. The SMILES string of the molecule is C=C(CC(O)CC(F)(F)C(F)(F)C(F)(F)C(F)(F)C(F)(F)C(F)(F)C(F)(F)C(F)(F)C(F)(F)C(F)(F)C(F)(C(F)(F)F)C(F)(F)F)C(=O)O. The average molecular weight is 798 g/mol. The fourth-order valence-electron chi connectivity index (χ4n) is 3.21. The first-order valence-electron chi connectivity index (χ1n) is 10.9. The van der Waals surface area contributed by atoms with Gasteiger partial charge in [0.05, 0.1) is 6.10 Å². The van der Waals surface area contributed by atoms with Crippen LogP contribution >= 0.6 is 0 Å². The van der Waals surface area contributed by atoms with Gasteiger partial charge in [-0.15, -0.1) is 0 Å². The fourth-order valence-corrected chi connectivity index (χ4v) is 3.21. The Morgan fingerprint density at radius 3 is 0.898 bits per heavy atom. The molecule has 0 aliphatic rings. The summed E-state index contributed by atoms with van der Waals surface area (Å²) in [6.45, 7) is 2.44. The number of carboxylic acids is 1. The third kappa shape index (κ3) is 6.06. The van der Waals surface area contributed by atoms with Crippen LogP contribution in [0.1, 0.15) is 12.8 Å². The van der Waals surface area contributed by atoms with Crippen LogP contribution < -0.4 is 0 Å². The summed E-state index contributed by atoms with van der Waals surface area (Å²) in [6.07, 6.45) is -26.3. The van der Waals surface area contributed by atoms with E-state index in [0.29, 0.717) is 0 Å². The molecule has 0 aromatic rings. The molecule has 0 fully saturated rings. The van der Waals surface area contributed by atoms with E-state index in [0.717, 1.165) is 0 Å². The van der Waals surface area contributed by atoms with E-state index in [9.17, 15) is 123 Å². The minimum Gasteiger partial charge on any atom is -0.478 e. The zero-order valence-electron chi connectivity index (χ0n) is 21.7. The van der Waals surface area contributed by atoms with Crippen LogP contribution in [-0.4, -0.2) is 99.5 Å². The van der Waals surface area contributed by atoms with Gasteiger partial charge in [0, 0.05) is 18.4 Å². The van der Waals surface area contributed by atoms with E-state index in [1.54, 1.807) is 0 Å². The van der Waals surface area contributed by atoms with Crippen molar-refractivity contribution >= 4 is 5.97 Å². The topological polar surface area (TPSA) is 57.5 Å². The van der Waals surface area contributed by atoms with Crippen LogP contribution in [0.4, 0.5) is 119 Å². The molecule has 0 rings (SSSR count). The first-order chi connectivity index (χ1) is 20.7. The van der Waals surface area contributed by atoms with Gasteiger partial charge in [0.15, 0.2) is 0 Å². The Morgan fingerprint density at radius 1 is 0.449 bits per heavy atom. The van der Waals surface area contributed by atoms with E-state index < -0.39 is 108 Å². The van der Waals surface area contributed by atoms with Crippen molar-refractivity contribution in [1.82, 2.24) is 0 Å². The molecule has 0 saturated carbocycles. The Kier molecular flexibility index (Phi) is 11.3. The van der Waals surface area contributed by atoms with Gasteiger partial charge in [0.2, 0.25) is 0 Å². The Labute approximate surface area is 249 Å². The highest BCUT2D eigenvalue weighted by Gasteiger charge is 3.01. The molecule has 49 heavy (non-hydrogen) atoms. The van der Waals surface area contributed by atoms with Crippen molar-refractivity contribution in [1.29, 1.82) is 0 Å². The van der Waals surface area contributed by atoms with Crippen LogP contribution in [0.15, 0.2) is 12.2 Å².